The van der Waals surface area contributed by atoms with Crippen molar-refractivity contribution in [2.24, 2.45) is 4.99 Å². The van der Waals surface area contributed by atoms with Crippen LogP contribution in [0.25, 0.3) is 0 Å². The zero-order chi connectivity index (χ0) is 21.7. The Bertz CT molecular complexity index is 836. The molecule has 1 aliphatic heterocycles. The number of para-hydroxylation sites is 1. The average Bonchev–Trinajstić information content (AvgIpc) is 3.34. The Morgan fingerprint density at radius 2 is 2.00 bits per heavy atom. The van der Waals surface area contributed by atoms with Crippen LogP contribution in [-0.2, 0) is 11.3 Å². The van der Waals surface area contributed by atoms with Crippen LogP contribution >= 0.6 is 0 Å². The lowest BCUT2D eigenvalue weighted by molar-refractivity contribution is 0.0857. The summed E-state index contributed by atoms with van der Waals surface area (Å²) in [6.45, 7) is 3.31. The first-order valence-electron chi connectivity index (χ1n) is 10.9. The highest BCUT2D eigenvalue weighted by atomic mass is 16.5. The van der Waals surface area contributed by atoms with Crippen molar-refractivity contribution < 1.29 is 14.3 Å². The summed E-state index contributed by atoms with van der Waals surface area (Å²) in [5.74, 6) is 1.52. The SMILES string of the molecule is CN=C(NCCCOc1ccccc1)NCc1cccc(C(=O)NCC2CCCO2)c1. The van der Waals surface area contributed by atoms with E-state index < -0.39 is 0 Å². The van der Waals surface area contributed by atoms with Gasteiger partial charge in [-0.3, -0.25) is 9.79 Å². The molecule has 3 rings (SSSR count). The summed E-state index contributed by atoms with van der Waals surface area (Å²) in [5, 5.41) is 9.53. The number of aliphatic imine (C=N–C) groups is 1. The summed E-state index contributed by atoms with van der Waals surface area (Å²) < 4.78 is 11.3. The molecule has 0 radical (unpaired) electrons. The molecule has 0 bridgehead atoms. The van der Waals surface area contributed by atoms with Crippen LogP contribution in [-0.4, -0.2) is 51.3 Å². The Hall–Kier alpha value is -3.06. The molecule has 1 atom stereocenters. The maximum atomic E-state index is 12.4. The van der Waals surface area contributed by atoms with Gasteiger partial charge in [-0.25, -0.2) is 0 Å². The number of nitrogens with one attached hydrogen (secondary N) is 3. The minimum Gasteiger partial charge on any atom is -0.494 e. The van der Waals surface area contributed by atoms with Gasteiger partial charge in [0.1, 0.15) is 5.75 Å². The van der Waals surface area contributed by atoms with Crippen molar-refractivity contribution in [3.05, 3.63) is 65.7 Å². The van der Waals surface area contributed by atoms with Crippen molar-refractivity contribution >= 4 is 11.9 Å². The summed E-state index contributed by atoms with van der Waals surface area (Å²) in [6.07, 6.45) is 3.07. The molecule has 1 saturated heterocycles. The van der Waals surface area contributed by atoms with Gasteiger partial charge in [0.05, 0.1) is 12.7 Å². The number of benzene rings is 2. The smallest absolute Gasteiger partial charge is 0.251 e. The second kappa shape index (κ2) is 12.6. The summed E-state index contributed by atoms with van der Waals surface area (Å²) in [4.78, 5) is 16.7. The van der Waals surface area contributed by atoms with Gasteiger partial charge in [-0.05, 0) is 49.1 Å². The van der Waals surface area contributed by atoms with Gasteiger partial charge in [0.15, 0.2) is 5.96 Å². The molecule has 2 aromatic rings. The van der Waals surface area contributed by atoms with E-state index in [0.29, 0.717) is 31.2 Å². The van der Waals surface area contributed by atoms with Crippen LogP contribution in [0.15, 0.2) is 59.6 Å². The van der Waals surface area contributed by atoms with Gasteiger partial charge in [0, 0.05) is 38.9 Å². The first kappa shape index (κ1) is 22.6. The third kappa shape index (κ3) is 7.94. The zero-order valence-electron chi connectivity index (χ0n) is 18.1. The van der Waals surface area contributed by atoms with Gasteiger partial charge >= 0.3 is 0 Å². The molecule has 3 N–H and O–H groups in total. The standard InChI is InChI=1S/C24H32N4O3/c1-25-24(26-13-7-15-30-21-10-3-2-4-11-21)28-17-19-8-5-9-20(16-19)23(29)27-18-22-12-6-14-31-22/h2-5,8-11,16,22H,6-7,12-15,17-18H2,1H3,(H,27,29)(H2,25,26,28). The van der Waals surface area contributed by atoms with Crippen LogP contribution in [0.3, 0.4) is 0 Å². The van der Waals surface area contributed by atoms with Gasteiger partial charge in [0.2, 0.25) is 0 Å². The molecule has 1 unspecified atom stereocenters. The number of carbonyl (C=O) groups is 1. The lowest BCUT2D eigenvalue weighted by Crippen LogP contribution is -2.37. The Morgan fingerprint density at radius 1 is 1.13 bits per heavy atom. The first-order chi connectivity index (χ1) is 15.2. The van der Waals surface area contributed by atoms with E-state index in [1.54, 1.807) is 7.05 Å². The molecule has 7 nitrogen and oxygen atoms in total. The largest absolute Gasteiger partial charge is 0.494 e. The number of carbonyl (C=O) groups excluding carboxylic acids is 1. The maximum absolute atomic E-state index is 12.4. The molecular weight excluding hydrogens is 392 g/mol. The van der Waals surface area contributed by atoms with Crippen molar-refractivity contribution in [3.8, 4) is 5.75 Å². The Morgan fingerprint density at radius 3 is 2.77 bits per heavy atom. The first-order valence-corrected chi connectivity index (χ1v) is 10.9. The maximum Gasteiger partial charge on any atom is 0.251 e. The fourth-order valence-electron chi connectivity index (χ4n) is 3.33. The van der Waals surface area contributed by atoms with E-state index in [2.05, 4.69) is 20.9 Å². The molecule has 1 heterocycles. The lowest BCUT2D eigenvalue weighted by atomic mass is 10.1. The third-order valence-electron chi connectivity index (χ3n) is 5.01. The van der Waals surface area contributed by atoms with Crippen LogP contribution in [0.4, 0.5) is 0 Å². The lowest BCUT2D eigenvalue weighted by Gasteiger charge is -2.13. The fourth-order valence-corrected chi connectivity index (χ4v) is 3.33. The number of rotatable bonds is 10. The number of amides is 1. The van der Waals surface area contributed by atoms with E-state index in [4.69, 9.17) is 9.47 Å². The highest BCUT2D eigenvalue weighted by molar-refractivity contribution is 5.94. The van der Waals surface area contributed by atoms with Gasteiger partial charge in [0.25, 0.3) is 5.91 Å². The molecule has 1 aliphatic rings. The molecule has 7 heteroatoms. The Balaban J connectivity index is 1.36. The number of hydrogen-bond donors (Lipinski definition) is 3. The Kier molecular flexibility index (Phi) is 9.19. The number of hydrogen-bond acceptors (Lipinski definition) is 4. The predicted octanol–water partition coefficient (Wildman–Crippen LogP) is 2.73. The second-order valence-corrected chi connectivity index (χ2v) is 7.41. The summed E-state index contributed by atoms with van der Waals surface area (Å²) in [5.41, 5.74) is 1.67. The van der Waals surface area contributed by atoms with Crippen molar-refractivity contribution in [1.29, 1.82) is 0 Å². The van der Waals surface area contributed by atoms with Crippen LogP contribution in [0, 0.1) is 0 Å². The van der Waals surface area contributed by atoms with E-state index >= 15 is 0 Å². The quantitative estimate of drug-likeness (QED) is 0.310. The Labute approximate surface area is 184 Å². The van der Waals surface area contributed by atoms with E-state index in [1.165, 1.54) is 0 Å². The van der Waals surface area contributed by atoms with Crippen molar-refractivity contribution in [2.45, 2.75) is 31.9 Å². The molecule has 0 aliphatic carbocycles. The summed E-state index contributed by atoms with van der Waals surface area (Å²) in [7, 11) is 1.74. The van der Waals surface area contributed by atoms with Crippen LogP contribution in [0.1, 0.15) is 35.2 Å². The second-order valence-electron chi connectivity index (χ2n) is 7.41. The normalized spacial score (nSPS) is 16.0. The van der Waals surface area contributed by atoms with Crippen molar-refractivity contribution in [1.82, 2.24) is 16.0 Å². The molecule has 2 aromatic carbocycles. The minimum atomic E-state index is -0.0710. The van der Waals surface area contributed by atoms with Gasteiger partial charge in [-0.2, -0.15) is 0 Å². The van der Waals surface area contributed by atoms with E-state index in [1.807, 2.05) is 54.6 Å². The molecule has 0 aromatic heterocycles. The molecule has 0 saturated carbocycles. The molecule has 31 heavy (non-hydrogen) atoms. The molecular formula is C24H32N4O3. The highest BCUT2D eigenvalue weighted by Crippen LogP contribution is 2.11. The molecule has 1 fully saturated rings. The third-order valence-corrected chi connectivity index (χ3v) is 5.01. The monoisotopic (exact) mass is 424 g/mol. The topological polar surface area (TPSA) is 84.0 Å². The molecule has 0 spiro atoms. The van der Waals surface area contributed by atoms with Crippen molar-refractivity contribution in [3.63, 3.8) is 0 Å². The number of nitrogens with zero attached hydrogens (tertiary/aromatic N) is 1. The average molecular weight is 425 g/mol. The van der Waals surface area contributed by atoms with E-state index in [9.17, 15) is 4.79 Å². The van der Waals surface area contributed by atoms with Crippen LogP contribution in [0.2, 0.25) is 0 Å². The molecule has 166 valence electrons. The number of guanidine groups is 1. The fraction of sp³-hybridized carbons (Fsp3) is 0.417. The minimum absolute atomic E-state index is 0.0710. The van der Waals surface area contributed by atoms with E-state index in [0.717, 1.165) is 43.7 Å². The van der Waals surface area contributed by atoms with Gasteiger partial charge < -0.3 is 25.4 Å². The van der Waals surface area contributed by atoms with E-state index in [-0.39, 0.29) is 12.0 Å². The summed E-state index contributed by atoms with van der Waals surface area (Å²) in [6, 6.07) is 17.4. The predicted molar refractivity (Wildman–Crippen MR) is 123 cm³/mol. The number of ether oxygens (including phenoxy) is 2. The van der Waals surface area contributed by atoms with Gasteiger partial charge in [-0.1, -0.05) is 30.3 Å². The van der Waals surface area contributed by atoms with Crippen molar-refractivity contribution in [2.75, 3.05) is 33.4 Å². The van der Waals surface area contributed by atoms with Crippen LogP contribution < -0.4 is 20.7 Å². The van der Waals surface area contributed by atoms with Crippen LogP contribution in [0.5, 0.6) is 5.75 Å². The zero-order valence-corrected chi connectivity index (χ0v) is 18.1. The highest BCUT2D eigenvalue weighted by Gasteiger charge is 2.16. The van der Waals surface area contributed by atoms with Gasteiger partial charge in [-0.15, -0.1) is 0 Å². The summed E-state index contributed by atoms with van der Waals surface area (Å²) >= 11 is 0. The molecule has 1 amide bonds.